The van der Waals surface area contributed by atoms with Gasteiger partial charge in [0.15, 0.2) is 0 Å². The lowest BCUT2D eigenvalue weighted by Crippen LogP contribution is -2.24. The van der Waals surface area contributed by atoms with Gasteiger partial charge in [-0.2, -0.15) is 0 Å². The van der Waals surface area contributed by atoms with Gasteiger partial charge in [-0.3, -0.25) is 9.59 Å². The summed E-state index contributed by atoms with van der Waals surface area (Å²) in [6.45, 7) is 2.70. The Morgan fingerprint density at radius 3 is 2.14 bits per heavy atom. The summed E-state index contributed by atoms with van der Waals surface area (Å²) < 4.78 is 5.75. The quantitative estimate of drug-likeness (QED) is 0.517. The molecule has 3 rings (SSSR count). The molecule has 3 aromatic carbocycles. The fourth-order valence-corrected chi connectivity index (χ4v) is 2.72. The standard InChI is InChI=1S/C24H24N2O3/c1-2-3-16-25-23(27)18-8-7-9-19(17-18)24(28)26-20-12-14-22(15-13-20)29-21-10-5-4-6-11-21/h4-15,17H,2-3,16H2,1H3,(H,25,27)(H,26,28). The minimum absolute atomic E-state index is 0.171. The van der Waals surface area contributed by atoms with Crippen molar-refractivity contribution in [1.29, 1.82) is 0 Å². The first kappa shape index (κ1) is 20.1. The van der Waals surface area contributed by atoms with E-state index in [9.17, 15) is 9.59 Å². The minimum Gasteiger partial charge on any atom is -0.457 e. The van der Waals surface area contributed by atoms with Gasteiger partial charge in [-0.05, 0) is 61.0 Å². The number of amides is 2. The average Bonchev–Trinajstić information content (AvgIpc) is 2.76. The number of carbonyl (C=O) groups is 2. The van der Waals surface area contributed by atoms with Crippen molar-refractivity contribution in [3.8, 4) is 11.5 Å². The number of unbranched alkanes of at least 4 members (excludes halogenated alkanes) is 1. The maximum Gasteiger partial charge on any atom is 0.255 e. The third-order valence-electron chi connectivity index (χ3n) is 4.29. The highest BCUT2D eigenvalue weighted by molar-refractivity contribution is 6.06. The highest BCUT2D eigenvalue weighted by Crippen LogP contribution is 2.23. The van der Waals surface area contributed by atoms with Gasteiger partial charge in [0.2, 0.25) is 0 Å². The number of carbonyl (C=O) groups excluding carboxylic acids is 2. The molecule has 0 saturated carbocycles. The second kappa shape index (κ2) is 10.1. The van der Waals surface area contributed by atoms with E-state index < -0.39 is 0 Å². The lowest BCUT2D eigenvalue weighted by molar-refractivity contribution is 0.0953. The molecule has 0 aliphatic carbocycles. The van der Waals surface area contributed by atoms with E-state index in [2.05, 4.69) is 17.6 Å². The molecule has 148 valence electrons. The molecule has 0 bridgehead atoms. The summed E-state index contributed by atoms with van der Waals surface area (Å²) in [4.78, 5) is 24.7. The molecule has 0 saturated heterocycles. The maximum absolute atomic E-state index is 12.6. The molecule has 0 atom stereocenters. The molecule has 0 unspecified atom stereocenters. The summed E-state index contributed by atoms with van der Waals surface area (Å²) in [6.07, 6.45) is 1.94. The van der Waals surface area contributed by atoms with Gasteiger partial charge in [0.05, 0.1) is 0 Å². The van der Waals surface area contributed by atoms with Crippen molar-refractivity contribution in [1.82, 2.24) is 5.32 Å². The van der Waals surface area contributed by atoms with Crippen LogP contribution in [0.1, 0.15) is 40.5 Å². The monoisotopic (exact) mass is 388 g/mol. The van der Waals surface area contributed by atoms with Gasteiger partial charge in [-0.15, -0.1) is 0 Å². The van der Waals surface area contributed by atoms with Crippen molar-refractivity contribution in [2.24, 2.45) is 0 Å². The summed E-state index contributed by atoms with van der Waals surface area (Å²) in [7, 11) is 0. The number of anilines is 1. The Morgan fingerprint density at radius 2 is 1.45 bits per heavy atom. The second-order valence-corrected chi connectivity index (χ2v) is 6.58. The summed E-state index contributed by atoms with van der Waals surface area (Å²) in [5, 5.41) is 5.70. The third-order valence-corrected chi connectivity index (χ3v) is 4.29. The van der Waals surface area contributed by atoms with Crippen molar-refractivity contribution in [2.45, 2.75) is 19.8 Å². The van der Waals surface area contributed by atoms with Crippen molar-refractivity contribution in [3.63, 3.8) is 0 Å². The van der Waals surface area contributed by atoms with Crippen LogP contribution >= 0.6 is 0 Å². The number of para-hydroxylation sites is 1. The Bertz CT molecular complexity index is 953. The molecule has 0 radical (unpaired) electrons. The summed E-state index contributed by atoms with van der Waals surface area (Å²) in [5.41, 5.74) is 1.55. The number of benzene rings is 3. The minimum atomic E-state index is -0.273. The topological polar surface area (TPSA) is 67.4 Å². The van der Waals surface area contributed by atoms with E-state index in [0.717, 1.165) is 18.6 Å². The highest BCUT2D eigenvalue weighted by atomic mass is 16.5. The number of rotatable bonds is 8. The first-order valence-electron chi connectivity index (χ1n) is 9.68. The molecule has 0 aliphatic heterocycles. The highest BCUT2D eigenvalue weighted by Gasteiger charge is 2.11. The van der Waals surface area contributed by atoms with Crippen LogP contribution in [0, 0.1) is 0 Å². The van der Waals surface area contributed by atoms with E-state index in [4.69, 9.17) is 4.74 Å². The van der Waals surface area contributed by atoms with Crippen LogP contribution in [0.15, 0.2) is 78.9 Å². The molecule has 5 nitrogen and oxygen atoms in total. The van der Waals surface area contributed by atoms with E-state index in [0.29, 0.717) is 29.1 Å². The zero-order chi connectivity index (χ0) is 20.5. The van der Waals surface area contributed by atoms with Crippen LogP contribution in [0.25, 0.3) is 0 Å². The Kier molecular flexibility index (Phi) is 7.00. The average molecular weight is 388 g/mol. The predicted octanol–water partition coefficient (Wildman–Crippen LogP) is 5.26. The van der Waals surface area contributed by atoms with Crippen LogP contribution in [-0.2, 0) is 0 Å². The molecule has 0 heterocycles. The Balaban J connectivity index is 1.61. The molecule has 2 amide bonds. The molecule has 29 heavy (non-hydrogen) atoms. The van der Waals surface area contributed by atoms with Gasteiger partial charge in [0, 0.05) is 23.4 Å². The van der Waals surface area contributed by atoms with Crippen molar-refractivity contribution in [2.75, 3.05) is 11.9 Å². The smallest absolute Gasteiger partial charge is 0.255 e. The zero-order valence-electron chi connectivity index (χ0n) is 16.4. The molecule has 2 N–H and O–H groups in total. The molecule has 0 spiro atoms. The van der Waals surface area contributed by atoms with Crippen molar-refractivity contribution >= 4 is 17.5 Å². The first-order valence-corrected chi connectivity index (χ1v) is 9.68. The fraction of sp³-hybridized carbons (Fsp3) is 0.167. The summed E-state index contributed by atoms with van der Waals surface area (Å²) in [5.74, 6) is 0.985. The van der Waals surface area contributed by atoms with E-state index in [1.807, 2.05) is 30.3 Å². The first-order chi connectivity index (χ1) is 14.2. The van der Waals surface area contributed by atoms with Gasteiger partial charge in [-0.25, -0.2) is 0 Å². The number of ether oxygens (including phenoxy) is 1. The molecule has 5 heteroatoms. The van der Waals surface area contributed by atoms with E-state index in [-0.39, 0.29) is 11.8 Å². The lowest BCUT2D eigenvalue weighted by Gasteiger charge is -2.09. The maximum atomic E-state index is 12.6. The normalized spacial score (nSPS) is 10.2. The largest absolute Gasteiger partial charge is 0.457 e. The van der Waals surface area contributed by atoms with E-state index in [1.54, 1.807) is 48.5 Å². The second-order valence-electron chi connectivity index (χ2n) is 6.58. The van der Waals surface area contributed by atoms with E-state index in [1.165, 1.54) is 0 Å². The van der Waals surface area contributed by atoms with Crippen LogP contribution in [0.3, 0.4) is 0 Å². The number of hydrogen-bond acceptors (Lipinski definition) is 3. The van der Waals surface area contributed by atoms with Crippen molar-refractivity contribution in [3.05, 3.63) is 90.0 Å². The fourth-order valence-electron chi connectivity index (χ4n) is 2.72. The molecule has 0 aromatic heterocycles. The third kappa shape index (κ3) is 5.94. The van der Waals surface area contributed by atoms with Crippen LogP contribution in [0.2, 0.25) is 0 Å². The Hall–Kier alpha value is -3.60. The lowest BCUT2D eigenvalue weighted by atomic mass is 10.1. The molecule has 0 fully saturated rings. The molecule has 3 aromatic rings. The van der Waals surface area contributed by atoms with Crippen LogP contribution in [-0.4, -0.2) is 18.4 Å². The molecular weight excluding hydrogens is 364 g/mol. The van der Waals surface area contributed by atoms with Crippen molar-refractivity contribution < 1.29 is 14.3 Å². The summed E-state index contributed by atoms with van der Waals surface area (Å²) >= 11 is 0. The molecular formula is C24H24N2O3. The van der Waals surface area contributed by atoms with Gasteiger partial charge >= 0.3 is 0 Å². The molecule has 0 aliphatic rings. The predicted molar refractivity (Wildman–Crippen MR) is 115 cm³/mol. The Labute approximate surface area is 170 Å². The Morgan fingerprint density at radius 1 is 0.793 bits per heavy atom. The van der Waals surface area contributed by atoms with Gasteiger partial charge in [0.25, 0.3) is 11.8 Å². The van der Waals surface area contributed by atoms with Gasteiger partial charge in [-0.1, -0.05) is 37.6 Å². The SMILES string of the molecule is CCCCNC(=O)c1cccc(C(=O)Nc2ccc(Oc3ccccc3)cc2)c1. The van der Waals surface area contributed by atoms with Gasteiger partial charge in [0.1, 0.15) is 11.5 Å². The van der Waals surface area contributed by atoms with Crippen LogP contribution in [0.5, 0.6) is 11.5 Å². The van der Waals surface area contributed by atoms with Crippen LogP contribution < -0.4 is 15.4 Å². The number of nitrogens with one attached hydrogen (secondary N) is 2. The summed E-state index contributed by atoms with van der Waals surface area (Å²) in [6, 6.07) is 23.3. The number of hydrogen-bond donors (Lipinski definition) is 2. The van der Waals surface area contributed by atoms with Crippen LogP contribution in [0.4, 0.5) is 5.69 Å². The van der Waals surface area contributed by atoms with Gasteiger partial charge < -0.3 is 15.4 Å². The zero-order valence-corrected chi connectivity index (χ0v) is 16.4. The van der Waals surface area contributed by atoms with E-state index >= 15 is 0 Å².